The van der Waals surface area contributed by atoms with Gasteiger partial charge in [-0.2, -0.15) is 5.26 Å². The van der Waals surface area contributed by atoms with Gasteiger partial charge in [0.2, 0.25) is 0 Å². The topological polar surface area (TPSA) is 49.6 Å². The molecule has 0 aliphatic heterocycles. The molecule has 0 atom stereocenters. The number of rotatable bonds is 0. The Kier molecular flexibility index (Phi) is 4.03. The van der Waals surface area contributed by atoms with Gasteiger partial charge < -0.3 is 0 Å². The highest BCUT2D eigenvalue weighted by Crippen LogP contribution is 2.11. The van der Waals surface area contributed by atoms with Crippen LogP contribution in [0.5, 0.6) is 0 Å². The van der Waals surface area contributed by atoms with Gasteiger partial charge in [0, 0.05) is 24.0 Å². The van der Waals surface area contributed by atoms with Crippen LogP contribution in [0.1, 0.15) is 5.56 Å². The lowest BCUT2D eigenvalue weighted by Crippen LogP contribution is -1.80. The van der Waals surface area contributed by atoms with E-state index in [-0.39, 0.29) is 0 Å². The highest BCUT2D eigenvalue weighted by Gasteiger charge is 1.94. The Hall–Kier alpha value is -3.25. The summed E-state index contributed by atoms with van der Waals surface area (Å²) in [6.07, 6.45) is 5.26. The molecule has 0 N–H and O–H groups in total. The quantitative estimate of drug-likeness (QED) is 0.482. The first-order valence-electron chi connectivity index (χ1n) is 6.90. The lowest BCUT2D eigenvalue weighted by atomic mass is 10.2. The van der Waals surface area contributed by atoms with Crippen LogP contribution in [0.3, 0.4) is 0 Å². The number of aromatic nitrogens is 2. The number of hydrogen-bond acceptors (Lipinski definition) is 3. The van der Waals surface area contributed by atoms with Crippen molar-refractivity contribution < 1.29 is 0 Å². The van der Waals surface area contributed by atoms with Gasteiger partial charge in [0.25, 0.3) is 0 Å². The third-order valence-electron chi connectivity index (χ3n) is 3.27. The van der Waals surface area contributed by atoms with Crippen molar-refractivity contribution in [1.29, 1.82) is 5.26 Å². The lowest BCUT2D eigenvalue weighted by Gasteiger charge is -1.94. The second kappa shape index (κ2) is 6.47. The molecule has 4 aromatic rings. The van der Waals surface area contributed by atoms with Crippen molar-refractivity contribution in [3.8, 4) is 6.07 Å². The van der Waals surface area contributed by atoms with Gasteiger partial charge in [-0.1, -0.05) is 42.5 Å². The Morgan fingerprint density at radius 1 is 0.773 bits per heavy atom. The maximum Gasteiger partial charge on any atom is 0.101 e. The first-order chi connectivity index (χ1) is 10.9. The van der Waals surface area contributed by atoms with Crippen molar-refractivity contribution in [2.24, 2.45) is 0 Å². The van der Waals surface area contributed by atoms with Gasteiger partial charge in [-0.05, 0) is 29.0 Å². The molecule has 0 bridgehead atoms. The largest absolute Gasteiger partial charge is 0.264 e. The monoisotopic (exact) mass is 283 g/mol. The fraction of sp³-hybridized carbons (Fsp3) is 0. The minimum Gasteiger partial charge on any atom is -0.264 e. The van der Waals surface area contributed by atoms with E-state index in [0.29, 0.717) is 5.56 Å². The van der Waals surface area contributed by atoms with E-state index in [9.17, 15) is 0 Å². The van der Waals surface area contributed by atoms with Crippen LogP contribution in [-0.4, -0.2) is 9.97 Å². The second-order valence-corrected chi connectivity index (χ2v) is 4.75. The van der Waals surface area contributed by atoms with Crippen LogP contribution in [-0.2, 0) is 0 Å². The van der Waals surface area contributed by atoms with Crippen molar-refractivity contribution >= 4 is 21.7 Å². The van der Waals surface area contributed by atoms with Gasteiger partial charge in [-0.25, -0.2) is 0 Å². The van der Waals surface area contributed by atoms with Gasteiger partial charge in [0.15, 0.2) is 0 Å². The Labute approximate surface area is 128 Å². The van der Waals surface area contributed by atoms with E-state index in [0.717, 1.165) is 10.9 Å². The fourth-order valence-electron chi connectivity index (χ4n) is 2.16. The van der Waals surface area contributed by atoms with E-state index in [2.05, 4.69) is 28.2 Å². The highest BCUT2D eigenvalue weighted by atomic mass is 14.6. The van der Waals surface area contributed by atoms with Crippen LogP contribution in [0, 0.1) is 11.3 Å². The van der Waals surface area contributed by atoms with E-state index in [1.54, 1.807) is 6.20 Å². The zero-order chi connectivity index (χ0) is 15.2. The normalized spacial score (nSPS) is 9.77. The maximum absolute atomic E-state index is 8.61. The Bertz CT molecular complexity index is 889. The molecule has 2 heterocycles. The number of benzene rings is 2. The van der Waals surface area contributed by atoms with Crippen LogP contribution in [0.25, 0.3) is 21.7 Å². The summed E-state index contributed by atoms with van der Waals surface area (Å²) in [4.78, 5) is 8.14. The summed E-state index contributed by atoms with van der Waals surface area (Å²) in [5, 5.41) is 12.1. The van der Waals surface area contributed by atoms with Crippen LogP contribution in [0.4, 0.5) is 0 Å². The summed E-state index contributed by atoms with van der Waals surface area (Å²) >= 11 is 0. The first-order valence-corrected chi connectivity index (χ1v) is 6.90. The average molecular weight is 283 g/mol. The fourth-order valence-corrected chi connectivity index (χ4v) is 2.16. The standard InChI is InChI=1S/C10H6N2.C9H7N/c11-6-8-5-9-3-1-2-4-10(9)12-7-8;1-2-4-9-7-10-6-5-8(9)3-1/h1-5,7H;1-7H. The zero-order valence-electron chi connectivity index (χ0n) is 11.8. The molecule has 4 rings (SSSR count). The average Bonchev–Trinajstić information content (AvgIpc) is 2.62. The van der Waals surface area contributed by atoms with Gasteiger partial charge >= 0.3 is 0 Å². The van der Waals surface area contributed by atoms with Gasteiger partial charge in [0.1, 0.15) is 6.07 Å². The minimum atomic E-state index is 0.605. The molecule has 0 aliphatic carbocycles. The number of hydrogen-bond donors (Lipinski definition) is 0. The van der Waals surface area contributed by atoms with Crippen molar-refractivity contribution in [2.45, 2.75) is 0 Å². The van der Waals surface area contributed by atoms with E-state index < -0.39 is 0 Å². The molecule has 0 unspecified atom stereocenters. The Morgan fingerprint density at radius 3 is 2.27 bits per heavy atom. The Balaban J connectivity index is 0.000000133. The smallest absolute Gasteiger partial charge is 0.101 e. The van der Waals surface area contributed by atoms with E-state index in [4.69, 9.17) is 5.26 Å². The molecule has 2 aromatic heterocycles. The van der Waals surface area contributed by atoms with Gasteiger partial charge in [0.05, 0.1) is 11.1 Å². The minimum absolute atomic E-state index is 0.605. The van der Waals surface area contributed by atoms with Crippen LogP contribution < -0.4 is 0 Å². The third-order valence-corrected chi connectivity index (χ3v) is 3.27. The first kappa shape index (κ1) is 13.7. The van der Waals surface area contributed by atoms with Crippen molar-refractivity contribution in [3.05, 3.63) is 84.8 Å². The van der Waals surface area contributed by atoms with Crippen molar-refractivity contribution in [3.63, 3.8) is 0 Å². The van der Waals surface area contributed by atoms with Crippen molar-refractivity contribution in [1.82, 2.24) is 9.97 Å². The van der Waals surface area contributed by atoms with Crippen LogP contribution in [0.15, 0.2) is 79.3 Å². The summed E-state index contributed by atoms with van der Waals surface area (Å²) < 4.78 is 0. The summed E-state index contributed by atoms with van der Waals surface area (Å²) in [6, 6.07) is 21.8. The lowest BCUT2D eigenvalue weighted by molar-refractivity contribution is 1.36. The third kappa shape index (κ3) is 3.08. The summed E-state index contributed by atoms with van der Waals surface area (Å²) in [5.41, 5.74) is 1.53. The predicted molar refractivity (Wildman–Crippen MR) is 88.2 cm³/mol. The molecule has 3 heteroatoms. The number of para-hydroxylation sites is 1. The summed E-state index contributed by atoms with van der Waals surface area (Å²) in [6.45, 7) is 0. The van der Waals surface area contributed by atoms with Crippen LogP contribution in [0.2, 0.25) is 0 Å². The molecule has 22 heavy (non-hydrogen) atoms. The second-order valence-electron chi connectivity index (χ2n) is 4.75. The number of nitriles is 1. The van der Waals surface area contributed by atoms with Crippen molar-refractivity contribution in [2.75, 3.05) is 0 Å². The highest BCUT2D eigenvalue weighted by molar-refractivity contribution is 5.81. The van der Waals surface area contributed by atoms with Gasteiger partial charge in [-0.3, -0.25) is 9.97 Å². The van der Waals surface area contributed by atoms with E-state index in [1.165, 1.54) is 10.8 Å². The molecule has 104 valence electrons. The molecule has 0 aliphatic rings. The number of pyridine rings is 2. The number of fused-ring (bicyclic) bond motifs is 2. The summed E-state index contributed by atoms with van der Waals surface area (Å²) in [5.74, 6) is 0. The Morgan fingerprint density at radius 2 is 1.50 bits per heavy atom. The SMILES string of the molecule is N#Cc1cnc2ccccc2c1.c1ccc2cnccc2c1. The molecular weight excluding hydrogens is 270 g/mol. The molecule has 0 radical (unpaired) electrons. The van der Waals surface area contributed by atoms with E-state index >= 15 is 0 Å². The number of nitrogens with zero attached hydrogens (tertiary/aromatic N) is 3. The summed E-state index contributed by atoms with van der Waals surface area (Å²) in [7, 11) is 0. The van der Waals surface area contributed by atoms with E-state index in [1.807, 2.05) is 60.9 Å². The maximum atomic E-state index is 8.61. The molecule has 3 nitrogen and oxygen atoms in total. The molecule has 2 aromatic carbocycles. The predicted octanol–water partition coefficient (Wildman–Crippen LogP) is 4.34. The molecule has 0 amide bonds. The van der Waals surface area contributed by atoms with Crippen LogP contribution >= 0.6 is 0 Å². The van der Waals surface area contributed by atoms with Gasteiger partial charge in [-0.15, -0.1) is 0 Å². The zero-order valence-corrected chi connectivity index (χ0v) is 11.8. The molecule has 0 saturated carbocycles. The molecule has 0 fully saturated rings. The molecular formula is C19H13N3. The molecule has 0 spiro atoms. The molecule has 0 saturated heterocycles.